The number of rotatable bonds is 4. The summed E-state index contributed by atoms with van der Waals surface area (Å²) in [6.07, 6.45) is 0. The Labute approximate surface area is 121 Å². The molecule has 2 aromatic rings. The molecule has 0 bridgehead atoms. The summed E-state index contributed by atoms with van der Waals surface area (Å²) in [5, 5.41) is 3.23. The van der Waals surface area contributed by atoms with Gasteiger partial charge in [0.1, 0.15) is 0 Å². The van der Waals surface area contributed by atoms with Crippen molar-refractivity contribution in [3.8, 4) is 0 Å². The zero-order valence-electron chi connectivity index (χ0n) is 10.5. The summed E-state index contributed by atoms with van der Waals surface area (Å²) in [6, 6.07) is 15.0. The monoisotopic (exact) mass is 321 g/mol. The van der Waals surface area contributed by atoms with E-state index < -0.39 is 0 Å². The Balaban J connectivity index is 2.25. The third kappa shape index (κ3) is 3.61. The molecule has 0 saturated heterocycles. The number of nitrogens with one attached hydrogen (secondary N) is 1. The number of benzene rings is 2. The molecule has 0 amide bonds. The van der Waals surface area contributed by atoms with Crippen molar-refractivity contribution in [3.63, 3.8) is 0 Å². The van der Waals surface area contributed by atoms with Crippen LogP contribution in [0.2, 0.25) is 0 Å². The van der Waals surface area contributed by atoms with E-state index in [9.17, 15) is 0 Å². The predicted octanol–water partition coefficient (Wildman–Crippen LogP) is 4.63. The van der Waals surface area contributed by atoms with Crippen LogP contribution in [0.5, 0.6) is 0 Å². The lowest BCUT2D eigenvalue weighted by atomic mass is 10.1. The van der Waals surface area contributed by atoms with Gasteiger partial charge in [-0.1, -0.05) is 45.4 Å². The van der Waals surface area contributed by atoms with Gasteiger partial charge in [-0.3, -0.25) is 0 Å². The molecule has 3 heteroatoms. The highest BCUT2D eigenvalue weighted by Gasteiger charge is 2.04. The zero-order valence-corrected chi connectivity index (χ0v) is 12.9. The van der Waals surface area contributed by atoms with Crippen molar-refractivity contribution in [1.29, 1.82) is 0 Å². The van der Waals surface area contributed by atoms with Crippen LogP contribution < -0.4 is 5.32 Å². The van der Waals surface area contributed by atoms with Crippen molar-refractivity contribution in [2.24, 2.45) is 0 Å². The van der Waals surface area contributed by atoms with Crippen LogP contribution >= 0.6 is 27.7 Å². The van der Waals surface area contributed by atoms with E-state index in [2.05, 4.69) is 70.6 Å². The minimum Gasteiger partial charge on any atom is -0.316 e. The van der Waals surface area contributed by atoms with Gasteiger partial charge in [-0.15, -0.1) is 0 Å². The first-order valence-corrected chi connectivity index (χ1v) is 7.47. The first-order chi connectivity index (χ1) is 8.69. The standard InChI is InChI=1S/C15H16BrNS/c1-11-3-8-15(12(9-11)10-17-2)18-14-6-4-13(16)5-7-14/h3-9,17H,10H2,1-2H3. The van der Waals surface area contributed by atoms with Crippen LogP contribution in [0, 0.1) is 6.92 Å². The van der Waals surface area contributed by atoms with E-state index in [1.165, 1.54) is 20.9 Å². The molecule has 0 spiro atoms. The quantitative estimate of drug-likeness (QED) is 0.881. The highest BCUT2D eigenvalue weighted by atomic mass is 79.9. The van der Waals surface area contributed by atoms with Crippen LogP contribution in [0.4, 0.5) is 0 Å². The molecule has 0 atom stereocenters. The fraction of sp³-hybridized carbons (Fsp3) is 0.200. The van der Waals surface area contributed by atoms with Crippen molar-refractivity contribution in [3.05, 3.63) is 58.1 Å². The van der Waals surface area contributed by atoms with Gasteiger partial charge in [-0.25, -0.2) is 0 Å². The minimum absolute atomic E-state index is 0.903. The molecule has 0 aliphatic carbocycles. The van der Waals surface area contributed by atoms with E-state index in [0.717, 1.165) is 11.0 Å². The fourth-order valence-corrected chi connectivity index (χ4v) is 2.95. The molecule has 2 rings (SSSR count). The Bertz CT molecular complexity index is 523. The van der Waals surface area contributed by atoms with E-state index >= 15 is 0 Å². The Morgan fingerprint density at radius 1 is 1.11 bits per heavy atom. The molecule has 0 aliphatic heterocycles. The third-order valence-electron chi connectivity index (χ3n) is 2.62. The molecule has 0 unspecified atom stereocenters. The lowest BCUT2D eigenvalue weighted by molar-refractivity contribution is 0.802. The molecule has 0 heterocycles. The Hall–Kier alpha value is -0.770. The molecule has 1 nitrogen and oxygen atoms in total. The second-order valence-corrected chi connectivity index (χ2v) is 6.23. The van der Waals surface area contributed by atoms with Crippen LogP contribution in [-0.2, 0) is 6.54 Å². The average Bonchev–Trinajstić information content (AvgIpc) is 2.36. The molecule has 94 valence electrons. The minimum atomic E-state index is 0.903. The van der Waals surface area contributed by atoms with Gasteiger partial charge in [0.2, 0.25) is 0 Å². The molecule has 0 fully saturated rings. The summed E-state index contributed by atoms with van der Waals surface area (Å²) in [4.78, 5) is 2.58. The smallest absolute Gasteiger partial charge is 0.0213 e. The van der Waals surface area contributed by atoms with Crippen LogP contribution in [0.3, 0.4) is 0 Å². The number of hydrogen-bond donors (Lipinski definition) is 1. The highest BCUT2D eigenvalue weighted by Crippen LogP contribution is 2.31. The van der Waals surface area contributed by atoms with Gasteiger partial charge >= 0.3 is 0 Å². The fourth-order valence-electron chi connectivity index (χ4n) is 1.77. The summed E-state index contributed by atoms with van der Waals surface area (Å²) in [7, 11) is 1.98. The van der Waals surface area contributed by atoms with Gasteiger partial charge in [0.15, 0.2) is 0 Å². The Morgan fingerprint density at radius 3 is 2.50 bits per heavy atom. The molecule has 2 aromatic carbocycles. The Kier molecular flexibility index (Phi) is 4.87. The molecular weight excluding hydrogens is 306 g/mol. The number of aryl methyl sites for hydroxylation is 1. The Morgan fingerprint density at radius 2 is 1.83 bits per heavy atom. The van der Waals surface area contributed by atoms with Gasteiger partial charge in [-0.05, 0) is 49.9 Å². The van der Waals surface area contributed by atoms with Gasteiger partial charge < -0.3 is 5.32 Å². The summed E-state index contributed by atoms with van der Waals surface area (Å²) in [5.41, 5.74) is 2.66. The molecule has 18 heavy (non-hydrogen) atoms. The molecule has 0 saturated carbocycles. The van der Waals surface area contributed by atoms with Gasteiger partial charge in [0, 0.05) is 20.8 Å². The lowest BCUT2D eigenvalue weighted by Gasteiger charge is -2.10. The second-order valence-electron chi connectivity index (χ2n) is 4.20. The van der Waals surface area contributed by atoms with E-state index in [0.29, 0.717) is 0 Å². The maximum atomic E-state index is 3.46. The largest absolute Gasteiger partial charge is 0.316 e. The molecular formula is C15H16BrNS. The molecule has 0 aromatic heterocycles. The first-order valence-electron chi connectivity index (χ1n) is 5.86. The SMILES string of the molecule is CNCc1cc(C)ccc1Sc1ccc(Br)cc1. The predicted molar refractivity (Wildman–Crippen MR) is 82.2 cm³/mol. The van der Waals surface area contributed by atoms with Crippen molar-refractivity contribution in [1.82, 2.24) is 5.32 Å². The normalized spacial score (nSPS) is 10.6. The summed E-state index contributed by atoms with van der Waals surface area (Å²) in [6.45, 7) is 3.04. The van der Waals surface area contributed by atoms with Crippen LogP contribution in [0.15, 0.2) is 56.7 Å². The highest BCUT2D eigenvalue weighted by molar-refractivity contribution is 9.10. The van der Waals surface area contributed by atoms with Crippen molar-refractivity contribution < 1.29 is 0 Å². The van der Waals surface area contributed by atoms with Gasteiger partial charge in [-0.2, -0.15) is 0 Å². The third-order valence-corrected chi connectivity index (χ3v) is 4.28. The van der Waals surface area contributed by atoms with E-state index in [1.807, 2.05) is 18.8 Å². The van der Waals surface area contributed by atoms with Crippen LogP contribution in [0.1, 0.15) is 11.1 Å². The summed E-state index contributed by atoms with van der Waals surface area (Å²) >= 11 is 5.27. The average molecular weight is 322 g/mol. The van der Waals surface area contributed by atoms with Crippen molar-refractivity contribution >= 4 is 27.7 Å². The lowest BCUT2D eigenvalue weighted by Crippen LogP contribution is -2.06. The van der Waals surface area contributed by atoms with E-state index in [-0.39, 0.29) is 0 Å². The van der Waals surface area contributed by atoms with Gasteiger partial charge in [0.05, 0.1) is 0 Å². The number of hydrogen-bond acceptors (Lipinski definition) is 2. The topological polar surface area (TPSA) is 12.0 Å². The molecule has 0 aliphatic rings. The van der Waals surface area contributed by atoms with Gasteiger partial charge in [0.25, 0.3) is 0 Å². The maximum Gasteiger partial charge on any atom is 0.0213 e. The second kappa shape index (κ2) is 6.41. The molecule has 0 radical (unpaired) electrons. The maximum absolute atomic E-state index is 3.46. The summed E-state index contributed by atoms with van der Waals surface area (Å²) < 4.78 is 1.12. The van der Waals surface area contributed by atoms with Crippen molar-refractivity contribution in [2.75, 3.05) is 7.05 Å². The van der Waals surface area contributed by atoms with Crippen molar-refractivity contribution in [2.45, 2.75) is 23.3 Å². The zero-order chi connectivity index (χ0) is 13.0. The number of halogens is 1. The van der Waals surface area contributed by atoms with Crippen LogP contribution in [-0.4, -0.2) is 7.05 Å². The molecule has 1 N–H and O–H groups in total. The first kappa shape index (κ1) is 13.7. The van der Waals surface area contributed by atoms with E-state index in [1.54, 1.807) is 0 Å². The summed E-state index contributed by atoms with van der Waals surface area (Å²) in [5.74, 6) is 0. The van der Waals surface area contributed by atoms with E-state index in [4.69, 9.17) is 0 Å². The van der Waals surface area contributed by atoms with Crippen LogP contribution in [0.25, 0.3) is 0 Å².